The SMILES string of the molecule is Cc1ccc(S(=O)(=O)N(CC(=O)N(Cc2ccc(Br)cc2)C(C)C(=O)NCC(C)C)c2ccccc2Cl)cc1. The highest BCUT2D eigenvalue weighted by Gasteiger charge is 2.33. The predicted molar refractivity (Wildman–Crippen MR) is 159 cm³/mol. The fraction of sp³-hybridized carbons (Fsp3) is 0.310. The van der Waals surface area contributed by atoms with Gasteiger partial charge in [0.1, 0.15) is 12.6 Å². The molecule has 3 aromatic carbocycles. The molecule has 0 saturated heterocycles. The van der Waals surface area contributed by atoms with Crippen LogP contribution in [0.3, 0.4) is 0 Å². The van der Waals surface area contributed by atoms with Crippen molar-refractivity contribution in [3.63, 3.8) is 0 Å². The number of hydrogen-bond acceptors (Lipinski definition) is 4. The van der Waals surface area contributed by atoms with Crippen molar-refractivity contribution < 1.29 is 18.0 Å². The number of nitrogens with zero attached hydrogens (tertiary/aromatic N) is 2. The summed E-state index contributed by atoms with van der Waals surface area (Å²) in [6.07, 6.45) is 0. The number of para-hydroxylation sites is 1. The van der Waals surface area contributed by atoms with E-state index in [-0.39, 0.29) is 34.0 Å². The second-order valence-electron chi connectivity index (χ2n) is 9.74. The van der Waals surface area contributed by atoms with Gasteiger partial charge >= 0.3 is 0 Å². The van der Waals surface area contributed by atoms with Crippen molar-refractivity contribution in [2.24, 2.45) is 5.92 Å². The van der Waals surface area contributed by atoms with Crippen LogP contribution in [0.25, 0.3) is 0 Å². The van der Waals surface area contributed by atoms with E-state index in [4.69, 9.17) is 11.6 Å². The van der Waals surface area contributed by atoms with E-state index in [0.29, 0.717) is 6.54 Å². The molecule has 0 spiro atoms. The van der Waals surface area contributed by atoms with Crippen LogP contribution in [-0.2, 0) is 26.2 Å². The number of carbonyl (C=O) groups excluding carboxylic acids is 2. The highest BCUT2D eigenvalue weighted by molar-refractivity contribution is 9.10. The molecule has 0 saturated carbocycles. The van der Waals surface area contributed by atoms with Crippen LogP contribution in [0.2, 0.25) is 5.02 Å². The number of benzene rings is 3. The van der Waals surface area contributed by atoms with E-state index < -0.39 is 28.5 Å². The molecular weight excluding hydrogens is 602 g/mol. The molecule has 1 unspecified atom stereocenters. The van der Waals surface area contributed by atoms with Crippen molar-refractivity contribution >= 4 is 55.1 Å². The molecule has 3 aromatic rings. The summed E-state index contributed by atoms with van der Waals surface area (Å²) in [6.45, 7) is 7.48. The van der Waals surface area contributed by atoms with Gasteiger partial charge in [-0.2, -0.15) is 0 Å². The van der Waals surface area contributed by atoms with Gasteiger partial charge in [0.2, 0.25) is 11.8 Å². The number of carbonyl (C=O) groups is 2. The Kier molecular flexibility index (Phi) is 10.6. The van der Waals surface area contributed by atoms with Crippen molar-refractivity contribution in [2.75, 3.05) is 17.4 Å². The van der Waals surface area contributed by atoms with Crippen molar-refractivity contribution in [2.45, 2.75) is 45.2 Å². The maximum absolute atomic E-state index is 13.9. The molecule has 7 nitrogen and oxygen atoms in total. The van der Waals surface area contributed by atoms with Crippen LogP contribution in [0.15, 0.2) is 82.2 Å². The van der Waals surface area contributed by atoms with Gasteiger partial charge in [-0.1, -0.05) is 83.3 Å². The molecule has 0 aliphatic rings. The molecule has 0 bridgehead atoms. The molecule has 39 heavy (non-hydrogen) atoms. The number of halogens is 2. The third-order valence-corrected chi connectivity index (χ3v) is 8.75. The van der Waals surface area contributed by atoms with E-state index in [1.54, 1.807) is 43.3 Å². The Labute approximate surface area is 244 Å². The fourth-order valence-corrected chi connectivity index (χ4v) is 5.81. The van der Waals surface area contributed by atoms with Gasteiger partial charge in [-0.3, -0.25) is 13.9 Å². The van der Waals surface area contributed by atoms with Crippen molar-refractivity contribution in [3.05, 3.63) is 93.4 Å². The average molecular weight is 635 g/mol. The van der Waals surface area contributed by atoms with Gasteiger partial charge in [0.25, 0.3) is 10.0 Å². The highest BCUT2D eigenvalue weighted by Crippen LogP contribution is 2.31. The Bertz CT molecular complexity index is 1400. The van der Waals surface area contributed by atoms with Gasteiger partial charge in [-0.05, 0) is 61.7 Å². The smallest absolute Gasteiger partial charge is 0.264 e. The third-order valence-electron chi connectivity index (χ3n) is 6.13. The number of anilines is 1. The Morgan fingerprint density at radius 2 is 1.56 bits per heavy atom. The Morgan fingerprint density at radius 1 is 0.949 bits per heavy atom. The second-order valence-corrected chi connectivity index (χ2v) is 12.9. The lowest BCUT2D eigenvalue weighted by Gasteiger charge is -2.32. The van der Waals surface area contributed by atoms with E-state index in [0.717, 1.165) is 19.9 Å². The molecule has 0 radical (unpaired) electrons. The zero-order chi connectivity index (χ0) is 28.7. The van der Waals surface area contributed by atoms with Crippen LogP contribution in [0.5, 0.6) is 0 Å². The van der Waals surface area contributed by atoms with E-state index >= 15 is 0 Å². The van der Waals surface area contributed by atoms with E-state index in [9.17, 15) is 18.0 Å². The second kappa shape index (κ2) is 13.5. The van der Waals surface area contributed by atoms with Gasteiger partial charge in [0.15, 0.2) is 0 Å². The van der Waals surface area contributed by atoms with Gasteiger partial charge in [-0.15, -0.1) is 0 Å². The summed E-state index contributed by atoms with van der Waals surface area (Å²) in [5.74, 6) is -0.632. The maximum Gasteiger partial charge on any atom is 0.264 e. The largest absolute Gasteiger partial charge is 0.354 e. The lowest BCUT2D eigenvalue weighted by Crippen LogP contribution is -2.51. The minimum absolute atomic E-state index is 0.0306. The van der Waals surface area contributed by atoms with Crippen LogP contribution >= 0.6 is 27.5 Å². The van der Waals surface area contributed by atoms with E-state index in [1.807, 2.05) is 45.0 Å². The summed E-state index contributed by atoms with van der Waals surface area (Å²) in [7, 11) is -4.17. The first-order valence-electron chi connectivity index (χ1n) is 12.6. The Morgan fingerprint density at radius 3 is 2.15 bits per heavy atom. The molecule has 2 amide bonds. The summed E-state index contributed by atoms with van der Waals surface area (Å²) in [4.78, 5) is 28.4. The average Bonchev–Trinajstić information content (AvgIpc) is 2.90. The van der Waals surface area contributed by atoms with Crippen LogP contribution < -0.4 is 9.62 Å². The van der Waals surface area contributed by atoms with E-state index in [1.165, 1.54) is 17.0 Å². The van der Waals surface area contributed by atoms with Crippen LogP contribution in [0, 0.1) is 12.8 Å². The van der Waals surface area contributed by atoms with E-state index in [2.05, 4.69) is 21.2 Å². The molecule has 10 heteroatoms. The first-order chi connectivity index (χ1) is 18.4. The minimum atomic E-state index is -4.17. The first-order valence-corrected chi connectivity index (χ1v) is 15.2. The van der Waals surface area contributed by atoms with Gasteiger partial charge in [0, 0.05) is 17.6 Å². The number of sulfonamides is 1. The maximum atomic E-state index is 13.9. The van der Waals surface area contributed by atoms with Crippen molar-refractivity contribution in [1.82, 2.24) is 10.2 Å². The molecule has 0 fully saturated rings. The summed E-state index contributed by atoms with van der Waals surface area (Å²) in [5.41, 5.74) is 1.87. The van der Waals surface area contributed by atoms with Crippen LogP contribution in [0.1, 0.15) is 31.9 Å². The third kappa shape index (κ3) is 8.06. The van der Waals surface area contributed by atoms with Crippen molar-refractivity contribution in [3.8, 4) is 0 Å². The van der Waals surface area contributed by atoms with Gasteiger partial charge in [0.05, 0.1) is 15.6 Å². The highest BCUT2D eigenvalue weighted by atomic mass is 79.9. The summed E-state index contributed by atoms with van der Waals surface area (Å²) < 4.78 is 29.6. The molecule has 208 valence electrons. The summed E-state index contributed by atoms with van der Waals surface area (Å²) in [5, 5.41) is 3.06. The normalized spacial score (nSPS) is 12.2. The quantitative estimate of drug-likeness (QED) is 0.289. The molecule has 0 aliphatic carbocycles. The topological polar surface area (TPSA) is 86.8 Å². The molecule has 1 N–H and O–H groups in total. The predicted octanol–water partition coefficient (Wildman–Crippen LogP) is 5.80. The number of aryl methyl sites for hydroxylation is 1. The van der Waals surface area contributed by atoms with Gasteiger partial charge in [-0.25, -0.2) is 8.42 Å². The molecule has 0 aliphatic heterocycles. The first kappa shape index (κ1) is 30.7. The Balaban J connectivity index is 2.02. The molecule has 0 heterocycles. The lowest BCUT2D eigenvalue weighted by molar-refractivity contribution is -0.139. The number of hydrogen-bond donors (Lipinski definition) is 1. The molecule has 1 atom stereocenters. The zero-order valence-corrected chi connectivity index (χ0v) is 25.6. The Hall–Kier alpha value is -2.88. The molecule has 3 rings (SSSR count). The zero-order valence-electron chi connectivity index (χ0n) is 22.4. The van der Waals surface area contributed by atoms with Crippen LogP contribution in [-0.4, -0.2) is 44.3 Å². The fourth-order valence-electron chi connectivity index (χ4n) is 3.83. The molecular formula is C29H33BrClN3O4S. The number of nitrogens with one attached hydrogen (secondary N) is 1. The number of amides is 2. The monoisotopic (exact) mass is 633 g/mol. The lowest BCUT2D eigenvalue weighted by atomic mass is 10.1. The standard InChI is InChI=1S/C29H33BrClN3O4S/c1-20(2)17-32-29(36)22(4)33(18-23-11-13-24(30)14-12-23)28(35)19-34(27-8-6-5-7-26(27)31)39(37,38)25-15-9-21(3)10-16-25/h5-16,20,22H,17-19H2,1-4H3,(H,32,36). The molecule has 0 aromatic heterocycles. The van der Waals surface area contributed by atoms with Crippen molar-refractivity contribution in [1.29, 1.82) is 0 Å². The van der Waals surface area contributed by atoms with Crippen LogP contribution in [0.4, 0.5) is 5.69 Å². The summed E-state index contributed by atoms with van der Waals surface area (Å²) in [6, 6.07) is 19.4. The number of rotatable bonds is 11. The van der Waals surface area contributed by atoms with Gasteiger partial charge < -0.3 is 10.2 Å². The minimum Gasteiger partial charge on any atom is -0.354 e. The summed E-state index contributed by atoms with van der Waals surface area (Å²) >= 11 is 9.84.